The quantitative estimate of drug-likeness (QED) is 0.130. The van der Waals surface area contributed by atoms with Crippen LogP contribution in [0.4, 0.5) is 0 Å². The molecule has 0 aromatic heterocycles. The van der Waals surface area contributed by atoms with E-state index in [1.807, 2.05) is 6.07 Å². The number of aliphatic carboxylic acids is 1. The first-order valence-electron chi connectivity index (χ1n) is 10.0. The average molecular weight is 484 g/mol. The Hall–Kier alpha value is -3.16. The lowest BCUT2D eigenvalue weighted by Gasteiger charge is -2.24. The number of carbonyl (C=O) groups is 5. The number of nitrogens with one attached hydrogen (secondary N) is 3. The minimum Gasteiger partial charge on any atom is -0.480 e. The van der Waals surface area contributed by atoms with Crippen LogP contribution in [0.2, 0.25) is 0 Å². The number of nitrogens with two attached hydrogens (primary N) is 2. The SMILES string of the molecule is NC(=O)CCC(NC(=O)C(N)Cc1ccccc1)C(=O)NC(CS)C(=O)NC(CO)C(=O)O. The highest BCUT2D eigenvalue weighted by atomic mass is 32.1. The molecule has 0 saturated heterocycles. The fourth-order valence-electron chi connectivity index (χ4n) is 2.72. The normalized spacial score (nSPS) is 14.3. The van der Waals surface area contributed by atoms with Gasteiger partial charge in [0.25, 0.3) is 0 Å². The average Bonchev–Trinajstić information content (AvgIpc) is 2.78. The molecule has 0 aliphatic rings. The molecule has 0 saturated carbocycles. The molecule has 0 aliphatic heterocycles. The van der Waals surface area contributed by atoms with E-state index in [1.165, 1.54) is 0 Å². The van der Waals surface area contributed by atoms with Crippen molar-refractivity contribution < 1.29 is 34.2 Å². The van der Waals surface area contributed by atoms with Gasteiger partial charge in [0, 0.05) is 12.2 Å². The summed E-state index contributed by atoms with van der Waals surface area (Å²) in [6, 6.07) is 3.89. The number of aliphatic hydroxyl groups is 1. The third-order valence-corrected chi connectivity index (χ3v) is 4.93. The molecule has 4 amide bonds. The number of hydrogen-bond acceptors (Lipinski definition) is 8. The van der Waals surface area contributed by atoms with Crippen LogP contribution >= 0.6 is 12.6 Å². The maximum atomic E-state index is 12.7. The zero-order valence-corrected chi connectivity index (χ0v) is 18.7. The van der Waals surface area contributed by atoms with E-state index in [1.54, 1.807) is 24.3 Å². The summed E-state index contributed by atoms with van der Waals surface area (Å²) in [4.78, 5) is 59.7. The van der Waals surface area contributed by atoms with E-state index in [0.717, 1.165) is 5.56 Å². The molecule has 4 atom stereocenters. The number of carboxylic acids is 1. The summed E-state index contributed by atoms with van der Waals surface area (Å²) in [5.74, 6) is -4.75. The number of carboxylic acid groups (broad SMARTS) is 1. The van der Waals surface area contributed by atoms with Crippen LogP contribution in [0.25, 0.3) is 0 Å². The molecule has 0 aliphatic carbocycles. The van der Waals surface area contributed by atoms with Gasteiger partial charge in [0.1, 0.15) is 18.1 Å². The smallest absolute Gasteiger partial charge is 0.328 e. The molecule has 182 valence electrons. The summed E-state index contributed by atoms with van der Waals surface area (Å²) in [6.07, 6.45) is -0.174. The highest BCUT2D eigenvalue weighted by molar-refractivity contribution is 7.80. The lowest BCUT2D eigenvalue weighted by atomic mass is 10.0. The second-order valence-electron chi connectivity index (χ2n) is 7.19. The monoisotopic (exact) mass is 483 g/mol. The Kier molecular flexibility index (Phi) is 11.9. The second kappa shape index (κ2) is 14.1. The molecule has 0 spiro atoms. The van der Waals surface area contributed by atoms with Gasteiger partial charge in [0.15, 0.2) is 0 Å². The van der Waals surface area contributed by atoms with E-state index in [-0.39, 0.29) is 25.0 Å². The van der Waals surface area contributed by atoms with Crippen molar-refractivity contribution in [1.29, 1.82) is 0 Å². The van der Waals surface area contributed by atoms with Crippen molar-refractivity contribution in [2.45, 2.75) is 43.4 Å². The first-order chi connectivity index (χ1) is 15.6. The van der Waals surface area contributed by atoms with Gasteiger partial charge in [-0.3, -0.25) is 19.2 Å². The second-order valence-corrected chi connectivity index (χ2v) is 7.55. The molecule has 0 radical (unpaired) electrons. The van der Waals surface area contributed by atoms with E-state index in [2.05, 4.69) is 28.6 Å². The van der Waals surface area contributed by atoms with Crippen LogP contribution in [-0.2, 0) is 30.4 Å². The third kappa shape index (κ3) is 9.89. The summed E-state index contributed by atoms with van der Waals surface area (Å²) < 4.78 is 0. The summed E-state index contributed by atoms with van der Waals surface area (Å²) in [6.45, 7) is -0.856. The minimum absolute atomic E-state index is 0.153. The van der Waals surface area contributed by atoms with E-state index in [4.69, 9.17) is 21.7 Å². The zero-order valence-electron chi connectivity index (χ0n) is 17.8. The lowest BCUT2D eigenvalue weighted by Crippen LogP contribution is -2.58. The lowest BCUT2D eigenvalue weighted by molar-refractivity contribution is -0.143. The van der Waals surface area contributed by atoms with Gasteiger partial charge < -0.3 is 37.6 Å². The van der Waals surface area contributed by atoms with Crippen molar-refractivity contribution >= 4 is 42.2 Å². The summed E-state index contributed by atoms with van der Waals surface area (Å²) >= 11 is 3.98. The summed E-state index contributed by atoms with van der Waals surface area (Å²) in [5, 5.41) is 24.8. The Morgan fingerprint density at radius 2 is 1.45 bits per heavy atom. The number of carbonyl (C=O) groups excluding carboxylic acids is 4. The Morgan fingerprint density at radius 3 is 1.97 bits per heavy atom. The number of rotatable bonds is 14. The number of aliphatic hydroxyl groups excluding tert-OH is 1. The minimum atomic E-state index is -1.57. The van der Waals surface area contributed by atoms with Crippen LogP contribution in [0.15, 0.2) is 30.3 Å². The molecule has 0 fully saturated rings. The summed E-state index contributed by atoms with van der Waals surface area (Å²) in [7, 11) is 0. The van der Waals surface area contributed by atoms with Gasteiger partial charge in [-0.1, -0.05) is 30.3 Å². The number of benzene rings is 1. The van der Waals surface area contributed by atoms with E-state index >= 15 is 0 Å². The Labute approximate surface area is 195 Å². The van der Waals surface area contributed by atoms with Crippen molar-refractivity contribution in [3.8, 4) is 0 Å². The molecule has 1 rings (SSSR count). The zero-order chi connectivity index (χ0) is 25.0. The van der Waals surface area contributed by atoms with Crippen LogP contribution in [0.1, 0.15) is 18.4 Å². The molecule has 0 bridgehead atoms. The number of amides is 4. The standard InChI is InChI=1S/C20H29N5O7S/c21-12(8-11-4-2-1-3-5-11)17(28)23-13(6-7-16(22)27)18(29)25-15(10-33)19(30)24-14(9-26)20(31)32/h1-5,12-15,26,33H,6-10,21H2,(H2,22,27)(H,23,28)(H,24,30)(H,25,29)(H,31,32). The molecule has 9 N–H and O–H groups in total. The topological polar surface area (TPSA) is 214 Å². The molecular weight excluding hydrogens is 454 g/mol. The van der Waals surface area contributed by atoms with Gasteiger partial charge in [-0.2, -0.15) is 12.6 Å². The van der Waals surface area contributed by atoms with Crippen LogP contribution in [0, 0.1) is 0 Å². The number of hydrogen-bond donors (Lipinski definition) is 8. The van der Waals surface area contributed by atoms with Crippen molar-refractivity contribution in [2.75, 3.05) is 12.4 Å². The third-order valence-electron chi connectivity index (χ3n) is 4.56. The van der Waals surface area contributed by atoms with Gasteiger partial charge in [0.2, 0.25) is 23.6 Å². The van der Waals surface area contributed by atoms with Crippen LogP contribution < -0.4 is 27.4 Å². The van der Waals surface area contributed by atoms with Gasteiger partial charge in [-0.05, 0) is 18.4 Å². The van der Waals surface area contributed by atoms with Crippen LogP contribution in [-0.4, -0.2) is 76.3 Å². The van der Waals surface area contributed by atoms with Crippen molar-refractivity contribution in [1.82, 2.24) is 16.0 Å². The van der Waals surface area contributed by atoms with Crippen molar-refractivity contribution in [3.63, 3.8) is 0 Å². The molecule has 4 unspecified atom stereocenters. The Bertz CT molecular complexity index is 839. The maximum Gasteiger partial charge on any atom is 0.328 e. The van der Waals surface area contributed by atoms with Crippen LogP contribution in [0.5, 0.6) is 0 Å². The fraction of sp³-hybridized carbons (Fsp3) is 0.450. The highest BCUT2D eigenvalue weighted by Gasteiger charge is 2.29. The molecule has 1 aromatic carbocycles. The predicted molar refractivity (Wildman–Crippen MR) is 121 cm³/mol. The van der Waals surface area contributed by atoms with E-state index in [9.17, 15) is 24.0 Å². The first kappa shape index (κ1) is 27.9. The molecule has 12 nitrogen and oxygen atoms in total. The molecule has 1 aromatic rings. The fourth-order valence-corrected chi connectivity index (χ4v) is 2.98. The molecule has 33 heavy (non-hydrogen) atoms. The maximum absolute atomic E-state index is 12.7. The molecule has 13 heteroatoms. The Balaban J connectivity index is 2.85. The Morgan fingerprint density at radius 1 is 0.909 bits per heavy atom. The van der Waals surface area contributed by atoms with Crippen molar-refractivity contribution in [2.24, 2.45) is 11.5 Å². The van der Waals surface area contributed by atoms with Crippen LogP contribution in [0.3, 0.4) is 0 Å². The predicted octanol–water partition coefficient (Wildman–Crippen LogP) is -2.72. The highest BCUT2D eigenvalue weighted by Crippen LogP contribution is 2.04. The van der Waals surface area contributed by atoms with Gasteiger partial charge in [-0.15, -0.1) is 0 Å². The van der Waals surface area contributed by atoms with Crippen molar-refractivity contribution in [3.05, 3.63) is 35.9 Å². The number of primary amides is 1. The van der Waals surface area contributed by atoms with E-state index < -0.39 is 60.4 Å². The van der Waals surface area contributed by atoms with E-state index in [0.29, 0.717) is 0 Å². The first-order valence-corrected chi connectivity index (χ1v) is 10.7. The van der Waals surface area contributed by atoms with Gasteiger partial charge >= 0.3 is 5.97 Å². The summed E-state index contributed by atoms with van der Waals surface area (Å²) in [5.41, 5.74) is 11.9. The molecular formula is C20H29N5O7S. The molecule has 0 heterocycles. The van der Waals surface area contributed by atoms with Gasteiger partial charge in [-0.25, -0.2) is 4.79 Å². The van der Waals surface area contributed by atoms with Gasteiger partial charge in [0.05, 0.1) is 12.6 Å². The largest absolute Gasteiger partial charge is 0.480 e. The number of thiol groups is 1.